The molecule has 3 aromatic carbocycles. The molecule has 0 atom stereocenters. The van der Waals surface area contributed by atoms with Crippen LogP contribution in [0.3, 0.4) is 0 Å². The van der Waals surface area contributed by atoms with Gasteiger partial charge in [0, 0.05) is 28.9 Å². The minimum atomic E-state index is -0.705. The number of aromatic nitrogens is 1. The molecule has 0 spiro atoms. The average Bonchev–Trinajstić information content (AvgIpc) is 3.20. The number of hydroxylamine groups is 1. The molecule has 0 aliphatic heterocycles. The van der Waals surface area contributed by atoms with E-state index in [-0.39, 0.29) is 5.84 Å². The molecule has 0 saturated heterocycles. The summed E-state index contributed by atoms with van der Waals surface area (Å²) in [6.07, 6.45) is 3.51. The molecule has 0 radical (unpaired) electrons. The average molecular weight is 405 g/mol. The second-order valence-electron chi connectivity index (χ2n) is 7.24. The molecule has 0 aliphatic rings. The zero-order valence-corrected chi connectivity index (χ0v) is 16.4. The maximum Gasteiger partial charge on any atom is 0.150 e. The third-order valence-electron chi connectivity index (χ3n) is 5.13. The summed E-state index contributed by atoms with van der Waals surface area (Å²) in [7, 11) is 0. The number of nitrogens with one attached hydrogen (secondary N) is 3. The lowest BCUT2D eigenvalue weighted by molar-refractivity contribution is 0.234. The summed E-state index contributed by atoms with van der Waals surface area (Å²) in [5.41, 5.74) is 6.58. The summed E-state index contributed by atoms with van der Waals surface area (Å²) in [5.74, 6) is -1.65. The van der Waals surface area contributed by atoms with Crippen LogP contribution >= 0.6 is 0 Å². The summed E-state index contributed by atoms with van der Waals surface area (Å²) < 4.78 is 28.1. The maximum absolute atomic E-state index is 14.1. The van der Waals surface area contributed by atoms with Crippen molar-refractivity contribution in [1.29, 1.82) is 5.41 Å². The first kappa shape index (κ1) is 19.8. The summed E-state index contributed by atoms with van der Waals surface area (Å²) in [4.78, 5) is 3.15. The molecule has 4 N–H and O–H groups in total. The first-order chi connectivity index (χ1) is 14.5. The number of rotatable bonds is 5. The van der Waals surface area contributed by atoms with E-state index in [9.17, 15) is 14.0 Å². The van der Waals surface area contributed by atoms with Crippen molar-refractivity contribution < 1.29 is 14.0 Å². The predicted molar refractivity (Wildman–Crippen MR) is 115 cm³/mol. The topological polar surface area (TPSA) is 71.9 Å². The number of fused-ring (bicyclic) bond motifs is 1. The van der Waals surface area contributed by atoms with E-state index in [0.29, 0.717) is 16.7 Å². The largest absolute Gasteiger partial charge is 0.361 e. The lowest BCUT2D eigenvalue weighted by Crippen LogP contribution is -2.20. The smallest absolute Gasteiger partial charge is 0.150 e. The van der Waals surface area contributed by atoms with Gasteiger partial charge in [0.2, 0.25) is 0 Å². The minimum Gasteiger partial charge on any atom is -0.361 e. The molecular weight excluding hydrogens is 384 g/mol. The van der Waals surface area contributed by atoms with Crippen LogP contribution in [0, 0.1) is 17.0 Å². The van der Waals surface area contributed by atoms with Gasteiger partial charge in [-0.3, -0.25) is 16.1 Å². The van der Waals surface area contributed by atoms with Crippen molar-refractivity contribution in [2.45, 2.75) is 19.8 Å². The number of amidine groups is 1. The quantitative estimate of drug-likeness (QED) is 0.186. The van der Waals surface area contributed by atoms with Gasteiger partial charge in [0.05, 0.1) is 0 Å². The zero-order chi connectivity index (χ0) is 21.3. The van der Waals surface area contributed by atoms with Crippen LogP contribution in [0.1, 0.15) is 24.5 Å². The predicted octanol–water partition coefficient (Wildman–Crippen LogP) is 6.04. The van der Waals surface area contributed by atoms with E-state index in [1.54, 1.807) is 6.07 Å². The zero-order valence-electron chi connectivity index (χ0n) is 16.4. The summed E-state index contributed by atoms with van der Waals surface area (Å²) in [6, 6.07) is 14.9. The number of benzene rings is 3. The minimum absolute atomic E-state index is 0.239. The highest BCUT2D eigenvalue weighted by molar-refractivity contribution is 6.06. The Morgan fingerprint density at radius 1 is 1.00 bits per heavy atom. The van der Waals surface area contributed by atoms with E-state index in [0.717, 1.165) is 46.5 Å². The van der Waals surface area contributed by atoms with Gasteiger partial charge in [0.15, 0.2) is 0 Å². The van der Waals surface area contributed by atoms with Crippen molar-refractivity contribution in [3.05, 3.63) is 83.6 Å². The first-order valence-electron chi connectivity index (χ1n) is 9.70. The van der Waals surface area contributed by atoms with Gasteiger partial charge in [-0.05, 0) is 70.5 Å². The lowest BCUT2D eigenvalue weighted by Gasteiger charge is -2.19. The molecule has 4 rings (SSSR count). The molecule has 0 fully saturated rings. The van der Waals surface area contributed by atoms with Crippen molar-refractivity contribution in [1.82, 2.24) is 10.5 Å². The van der Waals surface area contributed by atoms with Crippen molar-refractivity contribution in [2.24, 2.45) is 0 Å². The highest BCUT2D eigenvalue weighted by atomic mass is 19.1. The molecule has 30 heavy (non-hydrogen) atoms. The summed E-state index contributed by atoms with van der Waals surface area (Å²) in [5, 5.41) is 18.7. The molecule has 1 heterocycles. The van der Waals surface area contributed by atoms with Gasteiger partial charge < -0.3 is 4.98 Å². The van der Waals surface area contributed by atoms with E-state index >= 15 is 0 Å². The molecule has 1 aromatic heterocycles. The number of aryl methyl sites for hydroxylation is 1. The SMILES string of the molecule is CCCc1cc(C(=N)NO)c(-c2cc(F)cc(F)c2)c(-c2ccc3[nH]ccc3c2)c1. The Kier molecular flexibility index (Phi) is 5.33. The molecule has 0 amide bonds. The van der Waals surface area contributed by atoms with E-state index < -0.39 is 11.6 Å². The van der Waals surface area contributed by atoms with Gasteiger partial charge >= 0.3 is 0 Å². The molecule has 4 aromatic rings. The van der Waals surface area contributed by atoms with Gasteiger partial charge in [-0.1, -0.05) is 25.5 Å². The number of H-pyrrole nitrogens is 1. The fraction of sp³-hybridized carbons (Fsp3) is 0.125. The van der Waals surface area contributed by atoms with E-state index in [1.165, 1.54) is 12.1 Å². The van der Waals surface area contributed by atoms with Crippen LogP contribution in [0.2, 0.25) is 0 Å². The van der Waals surface area contributed by atoms with Crippen LogP contribution in [0.4, 0.5) is 8.78 Å². The normalized spacial score (nSPS) is 11.1. The molecule has 0 saturated carbocycles. The van der Waals surface area contributed by atoms with Gasteiger partial charge in [0.1, 0.15) is 17.5 Å². The van der Waals surface area contributed by atoms with Crippen LogP contribution in [-0.2, 0) is 6.42 Å². The Morgan fingerprint density at radius 3 is 2.47 bits per heavy atom. The first-order valence-corrected chi connectivity index (χ1v) is 9.70. The number of hydrogen-bond acceptors (Lipinski definition) is 2. The van der Waals surface area contributed by atoms with Gasteiger partial charge in [0.25, 0.3) is 0 Å². The van der Waals surface area contributed by atoms with Crippen LogP contribution < -0.4 is 5.48 Å². The Morgan fingerprint density at radius 2 is 1.77 bits per heavy atom. The third-order valence-corrected chi connectivity index (χ3v) is 5.13. The Hall–Kier alpha value is -3.51. The molecule has 152 valence electrons. The third kappa shape index (κ3) is 3.69. The molecule has 6 heteroatoms. The Bertz CT molecular complexity index is 1230. The van der Waals surface area contributed by atoms with Crippen LogP contribution in [0.25, 0.3) is 33.2 Å². The van der Waals surface area contributed by atoms with Crippen molar-refractivity contribution in [3.63, 3.8) is 0 Å². The van der Waals surface area contributed by atoms with Crippen LogP contribution in [0.15, 0.2) is 60.8 Å². The monoisotopic (exact) mass is 405 g/mol. The Labute approximate surface area is 172 Å². The highest BCUT2D eigenvalue weighted by Crippen LogP contribution is 2.38. The van der Waals surface area contributed by atoms with Crippen molar-refractivity contribution in [2.75, 3.05) is 0 Å². The van der Waals surface area contributed by atoms with E-state index in [4.69, 9.17) is 5.41 Å². The van der Waals surface area contributed by atoms with Gasteiger partial charge in [-0.15, -0.1) is 0 Å². The van der Waals surface area contributed by atoms with E-state index in [1.807, 2.05) is 42.0 Å². The fourth-order valence-corrected chi connectivity index (χ4v) is 3.85. The number of halogens is 2. The van der Waals surface area contributed by atoms with Crippen LogP contribution in [-0.4, -0.2) is 16.0 Å². The standard InChI is InChI=1S/C24H21F2N3O/c1-2-3-14-8-20(15-4-5-22-16(10-15)6-7-28-22)23(21(9-14)24(27)29-30)17-11-18(25)13-19(26)12-17/h4-13,28,30H,2-3H2,1H3,(H2,27,29). The second kappa shape index (κ2) is 8.08. The molecule has 4 nitrogen and oxygen atoms in total. The molecule has 0 aliphatic carbocycles. The highest BCUT2D eigenvalue weighted by Gasteiger charge is 2.19. The van der Waals surface area contributed by atoms with E-state index in [2.05, 4.69) is 11.9 Å². The van der Waals surface area contributed by atoms with Gasteiger partial charge in [-0.2, -0.15) is 0 Å². The van der Waals surface area contributed by atoms with Crippen LogP contribution in [0.5, 0.6) is 0 Å². The van der Waals surface area contributed by atoms with Crippen molar-refractivity contribution >= 4 is 16.7 Å². The lowest BCUT2D eigenvalue weighted by atomic mass is 9.87. The summed E-state index contributed by atoms with van der Waals surface area (Å²) in [6.45, 7) is 2.05. The second-order valence-corrected chi connectivity index (χ2v) is 7.24. The van der Waals surface area contributed by atoms with Gasteiger partial charge in [-0.25, -0.2) is 8.78 Å². The van der Waals surface area contributed by atoms with Crippen molar-refractivity contribution in [3.8, 4) is 22.3 Å². The molecule has 0 bridgehead atoms. The molecular formula is C24H21F2N3O. The maximum atomic E-state index is 14.1. The molecule has 0 unspecified atom stereocenters. The summed E-state index contributed by atoms with van der Waals surface area (Å²) >= 11 is 0. The number of aromatic amines is 1. The fourth-order valence-electron chi connectivity index (χ4n) is 3.85. The Balaban J connectivity index is 2.07. The number of hydrogen-bond donors (Lipinski definition) is 4.